The minimum atomic E-state index is -0.684. The van der Waals surface area contributed by atoms with Gasteiger partial charge in [0, 0.05) is 12.3 Å². The van der Waals surface area contributed by atoms with Crippen LogP contribution in [0.1, 0.15) is 29.2 Å². The number of fused-ring (bicyclic) bond motifs is 1. The third kappa shape index (κ3) is 3.64. The molecule has 0 spiro atoms. The van der Waals surface area contributed by atoms with E-state index in [1.54, 1.807) is 25.3 Å². The molecule has 0 radical (unpaired) electrons. The SMILES string of the molecule is C[C@@H](NC(=O)c1cc(-c2cccnc2F)ncn1)c1cc(-c2nc3ncncc3[nH]2)no1. The fourth-order valence-corrected chi connectivity index (χ4v) is 3.04. The van der Waals surface area contributed by atoms with Crippen molar-refractivity contribution in [3.63, 3.8) is 0 Å². The molecule has 0 bridgehead atoms. The van der Waals surface area contributed by atoms with Crippen molar-refractivity contribution in [3.05, 3.63) is 66.7 Å². The molecule has 5 heterocycles. The Morgan fingerprint density at radius 1 is 1.16 bits per heavy atom. The molecule has 0 saturated carbocycles. The number of hydrogen-bond donors (Lipinski definition) is 2. The maximum atomic E-state index is 13.9. The highest BCUT2D eigenvalue weighted by molar-refractivity contribution is 5.93. The van der Waals surface area contributed by atoms with Gasteiger partial charge in [-0.3, -0.25) is 4.79 Å². The number of carbonyl (C=O) groups excluding carboxylic acids is 1. The lowest BCUT2D eigenvalue weighted by atomic mass is 10.1. The molecule has 11 nitrogen and oxygen atoms in total. The minimum absolute atomic E-state index is 0.0701. The largest absolute Gasteiger partial charge is 0.358 e. The number of imidazole rings is 1. The number of rotatable bonds is 5. The Hall–Kier alpha value is -4.61. The molecule has 2 N–H and O–H groups in total. The van der Waals surface area contributed by atoms with Gasteiger partial charge >= 0.3 is 0 Å². The Balaban J connectivity index is 1.33. The van der Waals surface area contributed by atoms with Crippen LogP contribution in [0.4, 0.5) is 4.39 Å². The summed E-state index contributed by atoms with van der Waals surface area (Å²) in [6.07, 6.45) is 5.54. The van der Waals surface area contributed by atoms with E-state index in [2.05, 4.69) is 45.4 Å². The van der Waals surface area contributed by atoms with Crippen molar-refractivity contribution in [2.45, 2.75) is 13.0 Å². The van der Waals surface area contributed by atoms with E-state index in [0.717, 1.165) is 0 Å². The van der Waals surface area contributed by atoms with E-state index in [1.807, 2.05) is 0 Å². The lowest BCUT2D eigenvalue weighted by molar-refractivity contribution is 0.0928. The lowest BCUT2D eigenvalue weighted by Crippen LogP contribution is -2.27. The van der Waals surface area contributed by atoms with Crippen LogP contribution in [-0.2, 0) is 0 Å². The maximum absolute atomic E-state index is 13.9. The number of aromatic nitrogens is 8. The molecule has 5 aromatic heterocycles. The first kappa shape index (κ1) is 19.4. The fraction of sp³-hybridized carbons (Fsp3) is 0.100. The van der Waals surface area contributed by atoms with Crippen LogP contribution >= 0.6 is 0 Å². The van der Waals surface area contributed by atoms with Crippen molar-refractivity contribution in [2.24, 2.45) is 0 Å². The Morgan fingerprint density at radius 2 is 2.06 bits per heavy atom. The van der Waals surface area contributed by atoms with Crippen LogP contribution in [0.5, 0.6) is 0 Å². The van der Waals surface area contributed by atoms with Gasteiger partial charge in [-0.25, -0.2) is 29.9 Å². The van der Waals surface area contributed by atoms with Gasteiger partial charge in [0.2, 0.25) is 5.95 Å². The van der Waals surface area contributed by atoms with Crippen molar-refractivity contribution < 1.29 is 13.7 Å². The van der Waals surface area contributed by atoms with Gasteiger partial charge in [0.1, 0.15) is 29.6 Å². The number of pyridine rings is 1. The van der Waals surface area contributed by atoms with Crippen molar-refractivity contribution >= 4 is 17.1 Å². The van der Waals surface area contributed by atoms with Crippen LogP contribution in [-0.4, -0.2) is 46.0 Å². The first-order valence-corrected chi connectivity index (χ1v) is 9.45. The normalized spacial score (nSPS) is 12.1. The van der Waals surface area contributed by atoms with Gasteiger partial charge in [-0.1, -0.05) is 5.16 Å². The van der Waals surface area contributed by atoms with Crippen molar-refractivity contribution in [1.82, 2.24) is 45.4 Å². The summed E-state index contributed by atoms with van der Waals surface area (Å²) in [5.41, 5.74) is 2.12. The lowest BCUT2D eigenvalue weighted by Gasteiger charge is -2.10. The minimum Gasteiger partial charge on any atom is -0.358 e. The summed E-state index contributed by atoms with van der Waals surface area (Å²) in [5.74, 6) is -0.292. The van der Waals surface area contributed by atoms with E-state index in [0.29, 0.717) is 28.4 Å². The number of nitrogens with zero attached hydrogens (tertiary/aromatic N) is 7. The molecule has 5 rings (SSSR count). The summed E-state index contributed by atoms with van der Waals surface area (Å²) >= 11 is 0. The third-order valence-electron chi connectivity index (χ3n) is 4.64. The van der Waals surface area contributed by atoms with Gasteiger partial charge in [0.15, 0.2) is 17.2 Å². The molecule has 1 amide bonds. The fourth-order valence-electron chi connectivity index (χ4n) is 3.04. The number of carbonyl (C=O) groups is 1. The predicted molar refractivity (Wildman–Crippen MR) is 108 cm³/mol. The molecule has 0 unspecified atom stereocenters. The predicted octanol–water partition coefficient (Wildman–Crippen LogP) is 2.49. The third-order valence-corrected chi connectivity index (χ3v) is 4.64. The Bertz CT molecular complexity index is 1400. The molecule has 0 aliphatic heterocycles. The first-order chi connectivity index (χ1) is 15.6. The molecule has 158 valence electrons. The molecule has 0 aliphatic rings. The van der Waals surface area contributed by atoms with E-state index in [-0.39, 0.29) is 17.0 Å². The van der Waals surface area contributed by atoms with Crippen LogP contribution in [0.3, 0.4) is 0 Å². The Labute approximate surface area is 179 Å². The van der Waals surface area contributed by atoms with Crippen LogP contribution in [0.15, 0.2) is 53.8 Å². The standard InChI is InChI=1S/C20H14FN9O2/c1-10(16-6-13(30-32-16)19-28-15-7-22-8-26-18(15)29-19)27-20(31)14-5-12(24-9-25-14)11-3-2-4-23-17(11)21/h2-10H,1H3,(H,27,31)(H,22,26,28,29)/t10-/m1/s1. The summed E-state index contributed by atoms with van der Waals surface area (Å²) in [5, 5.41) is 6.78. The zero-order chi connectivity index (χ0) is 22.1. The average Bonchev–Trinajstić information content (AvgIpc) is 3.47. The van der Waals surface area contributed by atoms with E-state index in [9.17, 15) is 9.18 Å². The molecule has 0 fully saturated rings. The highest BCUT2D eigenvalue weighted by Crippen LogP contribution is 2.23. The smallest absolute Gasteiger partial charge is 0.270 e. The topological polar surface area (TPSA) is 148 Å². The number of H-pyrrole nitrogens is 1. The zero-order valence-corrected chi connectivity index (χ0v) is 16.5. The molecule has 32 heavy (non-hydrogen) atoms. The molecule has 0 aliphatic carbocycles. The Kier molecular flexibility index (Phi) is 4.78. The van der Waals surface area contributed by atoms with Crippen molar-refractivity contribution in [2.75, 3.05) is 0 Å². The molecular formula is C20H14FN9O2. The number of amides is 1. The van der Waals surface area contributed by atoms with Crippen LogP contribution < -0.4 is 5.32 Å². The summed E-state index contributed by atoms with van der Waals surface area (Å²) in [6, 6.07) is 5.63. The monoisotopic (exact) mass is 431 g/mol. The van der Waals surface area contributed by atoms with Gasteiger partial charge in [0.25, 0.3) is 5.91 Å². The number of nitrogens with one attached hydrogen (secondary N) is 2. The van der Waals surface area contributed by atoms with Gasteiger partial charge in [0.05, 0.1) is 23.5 Å². The highest BCUT2D eigenvalue weighted by Gasteiger charge is 2.20. The highest BCUT2D eigenvalue weighted by atomic mass is 19.1. The number of aromatic amines is 1. The van der Waals surface area contributed by atoms with E-state index in [1.165, 1.54) is 31.0 Å². The second-order valence-corrected chi connectivity index (χ2v) is 6.79. The van der Waals surface area contributed by atoms with Gasteiger partial charge in [-0.15, -0.1) is 0 Å². The van der Waals surface area contributed by atoms with Crippen molar-refractivity contribution in [1.29, 1.82) is 0 Å². The maximum Gasteiger partial charge on any atom is 0.270 e. The number of hydrogen-bond acceptors (Lipinski definition) is 9. The quantitative estimate of drug-likeness (QED) is 0.400. The second-order valence-electron chi connectivity index (χ2n) is 6.79. The molecule has 0 aromatic carbocycles. The van der Waals surface area contributed by atoms with Crippen molar-refractivity contribution in [3.8, 4) is 22.8 Å². The average molecular weight is 431 g/mol. The summed E-state index contributed by atoms with van der Waals surface area (Å²) in [6.45, 7) is 1.73. The van der Waals surface area contributed by atoms with Crippen LogP contribution in [0.25, 0.3) is 33.9 Å². The van der Waals surface area contributed by atoms with E-state index in [4.69, 9.17) is 4.52 Å². The molecular weight excluding hydrogens is 417 g/mol. The summed E-state index contributed by atoms with van der Waals surface area (Å²) in [4.78, 5) is 39.7. The number of halogens is 1. The van der Waals surface area contributed by atoms with Gasteiger partial charge in [-0.2, -0.15) is 4.39 Å². The van der Waals surface area contributed by atoms with Gasteiger partial charge in [-0.05, 0) is 25.1 Å². The van der Waals surface area contributed by atoms with E-state index >= 15 is 0 Å². The molecule has 0 saturated heterocycles. The summed E-state index contributed by atoms with van der Waals surface area (Å²) in [7, 11) is 0. The van der Waals surface area contributed by atoms with Crippen LogP contribution in [0.2, 0.25) is 0 Å². The summed E-state index contributed by atoms with van der Waals surface area (Å²) < 4.78 is 19.3. The molecule has 5 aromatic rings. The molecule has 12 heteroatoms. The Morgan fingerprint density at radius 3 is 2.91 bits per heavy atom. The van der Waals surface area contributed by atoms with Crippen LogP contribution in [0, 0.1) is 5.95 Å². The second kappa shape index (κ2) is 7.91. The molecule has 1 atom stereocenters. The van der Waals surface area contributed by atoms with E-state index < -0.39 is 17.9 Å². The zero-order valence-electron chi connectivity index (χ0n) is 16.5. The van der Waals surface area contributed by atoms with Gasteiger partial charge < -0.3 is 14.8 Å². The first-order valence-electron chi connectivity index (χ1n) is 9.45.